The molecule has 0 saturated heterocycles. The van der Waals surface area contributed by atoms with E-state index in [4.69, 9.17) is 4.42 Å². The maximum Gasteiger partial charge on any atom is 0.354 e. The lowest BCUT2D eigenvalue weighted by molar-refractivity contribution is 0.0690. The SMILES string of the molecule is Cc1ccc(-c2nc(NCc3ccco3)cc(C(=O)O)n2)cc1. The number of aryl methyl sites for hydroxylation is 1. The highest BCUT2D eigenvalue weighted by Gasteiger charge is 2.12. The van der Waals surface area contributed by atoms with Crippen LogP contribution in [0.15, 0.2) is 53.1 Å². The molecule has 2 heterocycles. The Hall–Kier alpha value is -3.15. The van der Waals surface area contributed by atoms with Gasteiger partial charge in [0.2, 0.25) is 0 Å². The van der Waals surface area contributed by atoms with E-state index in [2.05, 4.69) is 15.3 Å². The first-order valence-corrected chi connectivity index (χ1v) is 7.07. The van der Waals surface area contributed by atoms with Gasteiger partial charge in [0.1, 0.15) is 11.6 Å². The van der Waals surface area contributed by atoms with E-state index in [1.165, 1.54) is 6.07 Å². The predicted molar refractivity (Wildman–Crippen MR) is 85.2 cm³/mol. The molecule has 3 aromatic rings. The average molecular weight is 309 g/mol. The first kappa shape index (κ1) is 14.8. The van der Waals surface area contributed by atoms with Gasteiger partial charge in [-0.3, -0.25) is 0 Å². The Bertz CT molecular complexity index is 812. The van der Waals surface area contributed by atoms with E-state index in [1.54, 1.807) is 12.3 Å². The number of benzene rings is 1. The second-order valence-corrected chi connectivity index (χ2v) is 5.07. The summed E-state index contributed by atoms with van der Waals surface area (Å²) in [5.74, 6) is 0.440. The van der Waals surface area contributed by atoms with Crippen molar-refractivity contribution in [1.29, 1.82) is 0 Å². The van der Waals surface area contributed by atoms with Crippen molar-refractivity contribution < 1.29 is 14.3 Å². The summed E-state index contributed by atoms with van der Waals surface area (Å²) >= 11 is 0. The van der Waals surface area contributed by atoms with Crippen LogP contribution in [0.25, 0.3) is 11.4 Å². The molecular weight excluding hydrogens is 294 g/mol. The fraction of sp³-hybridized carbons (Fsp3) is 0.118. The van der Waals surface area contributed by atoms with Gasteiger partial charge in [0.15, 0.2) is 11.5 Å². The van der Waals surface area contributed by atoms with Crippen molar-refractivity contribution in [2.45, 2.75) is 13.5 Å². The lowest BCUT2D eigenvalue weighted by Crippen LogP contribution is -2.08. The Balaban J connectivity index is 1.92. The molecular formula is C17H15N3O3. The van der Waals surface area contributed by atoms with E-state index < -0.39 is 5.97 Å². The Labute approximate surface area is 132 Å². The quantitative estimate of drug-likeness (QED) is 0.751. The van der Waals surface area contributed by atoms with Crippen molar-refractivity contribution >= 4 is 11.8 Å². The van der Waals surface area contributed by atoms with Gasteiger partial charge in [-0.05, 0) is 19.1 Å². The molecule has 2 aromatic heterocycles. The zero-order valence-corrected chi connectivity index (χ0v) is 12.5. The third-order valence-corrected chi connectivity index (χ3v) is 3.28. The van der Waals surface area contributed by atoms with Crippen LogP contribution in [0.1, 0.15) is 21.8 Å². The maximum absolute atomic E-state index is 11.3. The fourth-order valence-electron chi connectivity index (χ4n) is 2.07. The molecule has 0 aliphatic heterocycles. The standard InChI is InChI=1S/C17H15N3O3/c1-11-4-6-12(7-5-11)16-19-14(17(21)22)9-15(20-16)18-10-13-3-2-8-23-13/h2-9H,10H2,1H3,(H,21,22)(H,18,19,20). The van der Waals surface area contributed by atoms with Crippen molar-refractivity contribution in [3.05, 3.63) is 65.7 Å². The van der Waals surface area contributed by atoms with Crippen LogP contribution in [0.5, 0.6) is 0 Å². The minimum atomic E-state index is -1.10. The van der Waals surface area contributed by atoms with Gasteiger partial charge < -0.3 is 14.8 Å². The smallest absolute Gasteiger partial charge is 0.354 e. The van der Waals surface area contributed by atoms with E-state index in [0.29, 0.717) is 18.2 Å². The minimum Gasteiger partial charge on any atom is -0.477 e. The molecule has 0 aliphatic rings. The Morgan fingerprint density at radius 3 is 2.65 bits per heavy atom. The molecule has 0 atom stereocenters. The second-order valence-electron chi connectivity index (χ2n) is 5.07. The first-order chi connectivity index (χ1) is 11.1. The van der Waals surface area contributed by atoms with Crippen LogP contribution in [0.3, 0.4) is 0 Å². The van der Waals surface area contributed by atoms with Crippen molar-refractivity contribution in [2.24, 2.45) is 0 Å². The number of carboxylic acid groups (broad SMARTS) is 1. The van der Waals surface area contributed by atoms with Gasteiger partial charge in [0.25, 0.3) is 0 Å². The molecule has 0 saturated carbocycles. The number of carbonyl (C=O) groups is 1. The molecule has 0 radical (unpaired) electrons. The molecule has 116 valence electrons. The van der Waals surface area contributed by atoms with Crippen molar-refractivity contribution in [1.82, 2.24) is 9.97 Å². The monoisotopic (exact) mass is 309 g/mol. The van der Waals surface area contributed by atoms with Crippen molar-refractivity contribution in [3.63, 3.8) is 0 Å². The second kappa shape index (κ2) is 6.31. The van der Waals surface area contributed by atoms with Crippen LogP contribution in [-0.4, -0.2) is 21.0 Å². The third-order valence-electron chi connectivity index (χ3n) is 3.28. The lowest BCUT2D eigenvalue weighted by Gasteiger charge is -2.08. The van der Waals surface area contributed by atoms with E-state index in [0.717, 1.165) is 16.9 Å². The number of carboxylic acids is 1. The van der Waals surface area contributed by atoms with Crippen molar-refractivity contribution in [3.8, 4) is 11.4 Å². The number of hydrogen-bond acceptors (Lipinski definition) is 5. The summed E-state index contributed by atoms with van der Waals surface area (Å²) in [5, 5.41) is 12.3. The number of nitrogens with zero attached hydrogens (tertiary/aromatic N) is 2. The molecule has 0 unspecified atom stereocenters. The van der Waals surface area contributed by atoms with Gasteiger partial charge >= 0.3 is 5.97 Å². The van der Waals surface area contributed by atoms with Crippen LogP contribution in [0.4, 0.5) is 5.82 Å². The summed E-state index contributed by atoms with van der Waals surface area (Å²) in [4.78, 5) is 19.8. The van der Waals surface area contributed by atoms with Crippen LogP contribution in [0.2, 0.25) is 0 Å². The molecule has 23 heavy (non-hydrogen) atoms. The average Bonchev–Trinajstić information content (AvgIpc) is 3.07. The number of anilines is 1. The molecule has 6 heteroatoms. The third kappa shape index (κ3) is 3.55. The summed E-state index contributed by atoms with van der Waals surface area (Å²) in [6.07, 6.45) is 1.58. The minimum absolute atomic E-state index is 0.0579. The molecule has 0 fully saturated rings. The number of furan rings is 1. The molecule has 0 amide bonds. The topological polar surface area (TPSA) is 88.2 Å². The molecule has 6 nitrogen and oxygen atoms in total. The summed E-state index contributed by atoms with van der Waals surface area (Å²) in [6, 6.07) is 12.6. The van der Waals surface area contributed by atoms with E-state index in [1.807, 2.05) is 37.3 Å². The van der Waals surface area contributed by atoms with E-state index >= 15 is 0 Å². The van der Waals surface area contributed by atoms with Crippen LogP contribution >= 0.6 is 0 Å². The molecule has 3 rings (SSSR count). The van der Waals surface area contributed by atoms with Crippen LogP contribution in [0, 0.1) is 6.92 Å². The van der Waals surface area contributed by atoms with Gasteiger partial charge in [-0.15, -0.1) is 0 Å². The number of aromatic carboxylic acids is 1. The highest BCUT2D eigenvalue weighted by molar-refractivity contribution is 5.87. The van der Waals surface area contributed by atoms with E-state index in [-0.39, 0.29) is 5.69 Å². The normalized spacial score (nSPS) is 10.5. The van der Waals surface area contributed by atoms with Gasteiger partial charge in [-0.25, -0.2) is 14.8 Å². The highest BCUT2D eigenvalue weighted by atomic mass is 16.4. The number of hydrogen-bond donors (Lipinski definition) is 2. The van der Waals surface area contributed by atoms with Crippen LogP contribution in [-0.2, 0) is 6.54 Å². The first-order valence-electron chi connectivity index (χ1n) is 7.07. The molecule has 0 aliphatic carbocycles. The summed E-state index contributed by atoms with van der Waals surface area (Å²) in [7, 11) is 0. The molecule has 0 spiro atoms. The lowest BCUT2D eigenvalue weighted by atomic mass is 10.1. The Morgan fingerprint density at radius 1 is 1.22 bits per heavy atom. The Morgan fingerprint density at radius 2 is 2.00 bits per heavy atom. The fourth-order valence-corrected chi connectivity index (χ4v) is 2.07. The van der Waals surface area contributed by atoms with Crippen molar-refractivity contribution in [2.75, 3.05) is 5.32 Å². The summed E-state index contributed by atoms with van der Waals surface area (Å²) in [5.41, 5.74) is 1.82. The highest BCUT2D eigenvalue weighted by Crippen LogP contribution is 2.19. The van der Waals surface area contributed by atoms with Gasteiger partial charge in [-0.2, -0.15) is 0 Å². The van der Waals surface area contributed by atoms with Gasteiger partial charge in [0.05, 0.1) is 12.8 Å². The maximum atomic E-state index is 11.3. The zero-order chi connectivity index (χ0) is 16.2. The number of nitrogens with one attached hydrogen (secondary N) is 1. The summed E-state index contributed by atoms with van der Waals surface area (Å²) < 4.78 is 5.24. The number of aromatic nitrogens is 2. The molecule has 1 aromatic carbocycles. The van der Waals surface area contributed by atoms with Crippen LogP contribution < -0.4 is 5.32 Å². The zero-order valence-electron chi connectivity index (χ0n) is 12.5. The summed E-state index contributed by atoms with van der Waals surface area (Å²) in [6.45, 7) is 2.39. The largest absolute Gasteiger partial charge is 0.477 e. The Kier molecular flexibility index (Phi) is 4.05. The van der Waals surface area contributed by atoms with E-state index in [9.17, 15) is 9.90 Å². The number of rotatable bonds is 5. The molecule has 2 N–H and O–H groups in total. The predicted octanol–water partition coefficient (Wildman–Crippen LogP) is 3.36. The van der Waals surface area contributed by atoms with Gasteiger partial charge in [-0.1, -0.05) is 29.8 Å². The van der Waals surface area contributed by atoms with Gasteiger partial charge in [0, 0.05) is 11.6 Å². The molecule has 0 bridgehead atoms.